The third kappa shape index (κ3) is 6.84. The van der Waals surface area contributed by atoms with Crippen molar-refractivity contribution < 1.29 is 19.1 Å². The average molecular weight is 196 g/mol. The van der Waals surface area contributed by atoms with Crippen LogP contribution in [-0.4, -0.2) is 26.2 Å². The van der Waals surface area contributed by atoms with Crippen LogP contribution in [0, 0.1) is 0 Å². The molecule has 0 radical (unpaired) electrons. The molecule has 0 aromatic heterocycles. The zero-order chi connectivity index (χ0) is 10.8. The number of carbonyl (C=O) groups excluding carboxylic acids is 2. The first-order chi connectivity index (χ1) is 6.70. The number of esters is 2. The van der Waals surface area contributed by atoms with E-state index in [4.69, 9.17) is 0 Å². The van der Waals surface area contributed by atoms with Gasteiger partial charge in [0.05, 0.1) is 14.2 Å². The van der Waals surface area contributed by atoms with Gasteiger partial charge in [0, 0.05) is 12.2 Å². The fourth-order valence-corrected chi connectivity index (χ4v) is 0.533. The summed E-state index contributed by atoms with van der Waals surface area (Å²) in [5.41, 5.74) is 0. The minimum atomic E-state index is -0.424. The van der Waals surface area contributed by atoms with Gasteiger partial charge in [-0.25, -0.2) is 9.59 Å². The number of ether oxygens (including phenoxy) is 2. The van der Waals surface area contributed by atoms with Gasteiger partial charge in [0.15, 0.2) is 0 Å². The molecule has 0 saturated heterocycles. The monoisotopic (exact) mass is 196 g/mol. The third-order valence-electron chi connectivity index (χ3n) is 1.20. The molecule has 0 amide bonds. The molecule has 0 aliphatic rings. The van der Waals surface area contributed by atoms with Crippen molar-refractivity contribution >= 4 is 11.9 Å². The molecule has 0 rings (SSSR count). The molecule has 0 heterocycles. The maximum Gasteiger partial charge on any atom is 0.330 e. The Bertz CT molecular complexity index is 246. The summed E-state index contributed by atoms with van der Waals surface area (Å²) >= 11 is 0. The van der Waals surface area contributed by atoms with E-state index in [1.165, 1.54) is 38.5 Å². The Morgan fingerprint density at radius 3 is 1.43 bits per heavy atom. The van der Waals surface area contributed by atoms with E-state index in [0.717, 1.165) is 0 Å². The van der Waals surface area contributed by atoms with Crippen LogP contribution in [0.4, 0.5) is 0 Å². The maximum atomic E-state index is 10.6. The Labute approximate surface area is 82.5 Å². The quantitative estimate of drug-likeness (QED) is 0.382. The normalized spacial score (nSPS) is 11.3. The summed E-state index contributed by atoms with van der Waals surface area (Å²) in [6.45, 7) is 0. The highest BCUT2D eigenvalue weighted by Crippen LogP contribution is 1.83. The molecule has 0 bridgehead atoms. The fourth-order valence-electron chi connectivity index (χ4n) is 0.533. The zero-order valence-electron chi connectivity index (χ0n) is 8.10. The minimum Gasteiger partial charge on any atom is -0.466 e. The predicted molar refractivity (Wildman–Crippen MR) is 51.5 cm³/mol. The Kier molecular flexibility index (Phi) is 6.77. The van der Waals surface area contributed by atoms with Crippen LogP contribution in [0.15, 0.2) is 36.5 Å². The Morgan fingerprint density at radius 2 is 1.14 bits per heavy atom. The minimum absolute atomic E-state index is 0.424. The van der Waals surface area contributed by atoms with E-state index in [1.807, 2.05) is 0 Å². The van der Waals surface area contributed by atoms with Gasteiger partial charge in [-0.1, -0.05) is 24.3 Å². The van der Waals surface area contributed by atoms with Gasteiger partial charge >= 0.3 is 11.9 Å². The molecule has 0 fully saturated rings. The van der Waals surface area contributed by atoms with Crippen molar-refractivity contribution in [2.45, 2.75) is 0 Å². The van der Waals surface area contributed by atoms with Gasteiger partial charge in [-0.2, -0.15) is 0 Å². The molecular weight excluding hydrogens is 184 g/mol. The first-order valence-electron chi connectivity index (χ1n) is 3.88. The zero-order valence-corrected chi connectivity index (χ0v) is 8.10. The number of allylic oxidation sites excluding steroid dienone is 4. The highest BCUT2D eigenvalue weighted by Gasteiger charge is 1.87. The summed E-state index contributed by atoms with van der Waals surface area (Å²) in [6, 6.07) is 0. The van der Waals surface area contributed by atoms with E-state index in [9.17, 15) is 9.59 Å². The number of rotatable bonds is 4. The number of carbonyl (C=O) groups is 2. The molecule has 0 aliphatic heterocycles. The summed E-state index contributed by atoms with van der Waals surface area (Å²) in [6.07, 6.45) is 8.73. The lowest BCUT2D eigenvalue weighted by atomic mass is 10.4. The molecule has 0 spiro atoms. The first-order valence-corrected chi connectivity index (χ1v) is 3.88. The molecule has 76 valence electrons. The van der Waals surface area contributed by atoms with Crippen LogP contribution in [-0.2, 0) is 19.1 Å². The van der Waals surface area contributed by atoms with Crippen LogP contribution in [0.1, 0.15) is 0 Å². The second-order valence-electron chi connectivity index (χ2n) is 2.15. The lowest BCUT2D eigenvalue weighted by Crippen LogP contribution is -1.93. The summed E-state index contributed by atoms with van der Waals surface area (Å²) in [7, 11) is 2.60. The van der Waals surface area contributed by atoms with Gasteiger partial charge in [0.1, 0.15) is 0 Å². The van der Waals surface area contributed by atoms with Crippen molar-refractivity contribution in [2.75, 3.05) is 14.2 Å². The molecule has 4 nitrogen and oxygen atoms in total. The van der Waals surface area contributed by atoms with E-state index < -0.39 is 11.9 Å². The Morgan fingerprint density at radius 1 is 0.786 bits per heavy atom. The molecule has 0 atom stereocenters. The number of methoxy groups -OCH3 is 2. The van der Waals surface area contributed by atoms with Crippen LogP contribution in [0.2, 0.25) is 0 Å². The highest BCUT2D eigenvalue weighted by atomic mass is 16.5. The average Bonchev–Trinajstić information content (AvgIpc) is 2.22. The second kappa shape index (κ2) is 7.79. The van der Waals surface area contributed by atoms with E-state index in [-0.39, 0.29) is 0 Å². The van der Waals surface area contributed by atoms with E-state index in [0.29, 0.717) is 0 Å². The van der Waals surface area contributed by atoms with Crippen molar-refractivity contribution in [3.63, 3.8) is 0 Å². The molecule has 14 heavy (non-hydrogen) atoms. The van der Waals surface area contributed by atoms with E-state index in [2.05, 4.69) is 9.47 Å². The van der Waals surface area contributed by atoms with Crippen molar-refractivity contribution in [1.29, 1.82) is 0 Å². The van der Waals surface area contributed by atoms with Gasteiger partial charge in [-0.05, 0) is 0 Å². The lowest BCUT2D eigenvalue weighted by Gasteiger charge is -1.86. The summed E-state index contributed by atoms with van der Waals surface area (Å²) in [4.78, 5) is 21.1. The van der Waals surface area contributed by atoms with Crippen LogP contribution in [0.5, 0.6) is 0 Å². The largest absolute Gasteiger partial charge is 0.466 e. The van der Waals surface area contributed by atoms with Crippen molar-refractivity contribution in [3.05, 3.63) is 36.5 Å². The second-order valence-corrected chi connectivity index (χ2v) is 2.15. The molecule has 0 aromatic carbocycles. The summed E-state index contributed by atoms with van der Waals surface area (Å²) in [5.74, 6) is -0.849. The van der Waals surface area contributed by atoms with Crippen molar-refractivity contribution in [1.82, 2.24) is 0 Å². The Hall–Kier alpha value is -1.84. The predicted octanol–water partition coefficient (Wildman–Crippen LogP) is 1.00. The van der Waals surface area contributed by atoms with E-state index >= 15 is 0 Å². The molecule has 0 N–H and O–H groups in total. The van der Waals surface area contributed by atoms with Crippen molar-refractivity contribution in [2.24, 2.45) is 0 Å². The molecule has 4 heteroatoms. The topological polar surface area (TPSA) is 52.6 Å². The molecule has 0 saturated carbocycles. The van der Waals surface area contributed by atoms with Gasteiger partial charge in [0.2, 0.25) is 0 Å². The molecule has 0 aromatic rings. The SMILES string of the molecule is COC(=O)C=CC=CC=CC(=O)OC. The smallest absolute Gasteiger partial charge is 0.330 e. The summed E-state index contributed by atoms with van der Waals surface area (Å²) < 4.78 is 8.72. The van der Waals surface area contributed by atoms with Gasteiger partial charge in [-0.3, -0.25) is 0 Å². The molecule has 0 aliphatic carbocycles. The van der Waals surface area contributed by atoms with Crippen molar-refractivity contribution in [3.8, 4) is 0 Å². The number of hydrogen-bond donors (Lipinski definition) is 0. The fraction of sp³-hybridized carbons (Fsp3) is 0.200. The highest BCUT2D eigenvalue weighted by molar-refractivity contribution is 5.82. The first kappa shape index (κ1) is 12.2. The lowest BCUT2D eigenvalue weighted by molar-refractivity contribution is -0.135. The maximum absolute atomic E-state index is 10.6. The van der Waals surface area contributed by atoms with Crippen LogP contribution >= 0.6 is 0 Å². The van der Waals surface area contributed by atoms with Crippen LogP contribution in [0.25, 0.3) is 0 Å². The standard InChI is InChI=1S/C10H12O4/c1-13-9(11)7-5-3-4-6-8-10(12)14-2/h3-8H,1-2H3. The molecular formula is C10H12O4. The van der Waals surface area contributed by atoms with Gasteiger partial charge in [-0.15, -0.1) is 0 Å². The van der Waals surface area contributed by atoms with Gasteiger partial charge < -0.3 is 9.47 Å². The molecule has 0 unspecified atom stereocenters. The van der Waals surface area contributed by atoms with Crippen LogP contribution < -0.4 is 0 Å². The van der Waals surface area contributed by atoms with Gasteiger partial charge in [0.25, 0.3) is 0 Å². The van der Waals surface area contributed by atoms with Crippen LogP contribution in [0.3, 0.4) is 0 Å². The number of hydrogen-bond acceptors (Lipinski definition) is 4. The Balaban J connectivity index is 3.85. The third-order valence-corrected chi connectivity index (χ3v) is 1.20. The summed E-state index contributed by atoms with van der Waals surface area (Å²) in [5, 5.41) is 0. The van der Waals surface area contributed by atoms with E-state index in [1.54, 1.807) is 12.2 Å².